The molecule has 0 amide bonds. The molecular weight excluding hydrogens is 568 g/mol. The van der Waals surface area contributed by atoms with E-state index in [9.17, 15) is 5.11 Å². The van der Waals surface area contributed by atoms with Crippen LogP contribution in [0.1, 0.15) is 108 Å². The third kappa shape index (κ3) is 9.55. The van der Waals surface area contributed by atoms with Crippen molar-refractivity contribution in [2.45, 2.75) is 123 Å². The molecule has 7 nitrogen and oxygen atoms in total. The Labute approximate surface area is 270 Å². The number of para-hydroxylation sites is 1. The SMILES string of the molecule is CCCCOC[C@@H]1C[C@H](OCCCC)[C@@H](OCCCC)C(O)(c2cc(Cc3cc4ccccc4o3)c(C)cc2OCCCC)O1. The van der Waals surface area contributed by atoms with Crippen LogP contribution >= 0.6 is 0 Å². The van der Waals surface area contributed by atoms with Gasteiger partial charge >= 0.3 is 0 Å². The highest BCUT2D eigenvalue weighted by molar-refractivity contribution is 5.77. The van der Waals surface area contributed by atoms with Gasteiger partial charge < -0.3 is 33.2 Å². The molecule has 0 radical (unpaired) electrons. The third-order valence-corrected chi connectivity index (χ3v) is 8.56. The molecular formula is C38H56O7. The first-order valence-electron chi connectivity index (χ1n) is 17.4. The van der Waals surface area contributed by atoms with Crippen molar-refractivity contribution in [3.05, 3.63) is 64.9 Å². The molecule has 2 aromatic carbocycles. The van der Waals surface area contributed by atoms with Crippen LogP contribution in [-0.2, 0) is 31.2 Å². The number of hydrogen-bond acceptors (Lipinski definition) is 7. The van der Waals surface area contributed by atoms with Gasteiger partial charge in [0.15, 0.2) is 0 Å². The standard InChI is InChI=1S/C38H56O7/c1-6-10-18-40-27-32-26-36(42-20-12-8-3)37(43-21-13-9-4)38(39,45-32)33-25-30(28(5)22-35(33)41-19-11-7-2)24-31-23-29-16-14-15-17-34(29)44-31/h14-17,22-23,25,32,36-37,39H,6-13,18-21,24,26-27H2,1-5H3/t32-,36-,37+,38?/m0/s1. The highest BCUT2D eigenvalue weighted by atomic mass is 16.7. The first-order chi connectivity index (χ1) is 21.9. The highest BCUT2D eigenvalue weighted by Gasteiger charge is 2.53. The topological polar surface area (TPSA) is 79.5 Å². The minimum absolute atomic E-state index is 0.365. The van der Waals surface area contributed by atoms with E-state index in [2.05, 4.69) is 46.8 Å². The van der Waals surface area contributed by atoms with E-state index >= 15 is 0 Å². The van der Waals surface area contributed by atoms with Crippen LogP contribution in [-0.4, -0.2) is 56.5 Å². The number of aliphatic hydroxyl groups is 1. The summed E-state index contributed by atoms with van der Waals surface area (Å²) in [6, 6.07) is 14.2. The van der Waals surface area contributed by atoms with Gasteiger partial charge in [0.05, 0.1) is 31.0 Å². The summed E-state index contributed by atoms with van der Waals surface area (Å²) in [6.07, 6.45) is 7.46. The van der Waals surface area contributed by atoms with Crippen molar-refractivity contribution in [1.29, 1.82) is 0 Å². The van der Waals surface area contributed by atoms with Crippen LogP contribution < -0.4 is 4.74 Å². The minimum atomic E-state index is -1.81. The van der Waals surface area contributed by atoms with Gasteiger partial charge in [-0.3, -0.25) is 0 Å². The van der Waals surface area contributed by atoms with Crippen molar-refractivity contribution >= 4 is 11.0 Å². The number of aryl methyl sites for hydroxylation is 1. The molecule has 3 aromatic rings. The molecule has 2 heterocycles. The lowest BCUT2D eigenvalue weighted by Crippen LogP contribution is -2.58. The molecule has 1 aliphatic rings. The van der Waals surface area contributed by atoms with Crippen molar-refractivity contribution < 1.29 is 33.2 Å². The Morgan fingerprint density at radius 3 is 2.27 bits per heavy atom. The number of furan rings is 1. The predicted molar refractivity (Wildman–Crippen MR) is 179 cm³/mol. The Morgan fingerprint density at radius 2 is 1.53 bits per heavy atom. The number of ether oxygens (including phenoxy) is 5. The normalized spacial score (nSPS) is 21.9. The van der Waals surface area contributed by atoms with Crippen LogP contribution in [0.4, 0.5) is 0 Å². The smallest absolute Gasteiger partial charge is 0.226 e. The molecule has 0 spiro atoms. The van der Waals surface area contributed by atoms with Crippen molar-refractivity contribution in [2.75, 3.05) is 33.0 Å². The second-order valence-corrected chi connectivity index (χ2v) is 12.4. The summed E-state index contributed by atoms with van der Waals surface area (Å²) < 4.78 is 38.3. The zero-order valence-corrected chi connectivity index (χ0v) is 28.3. The fourth-order valence-electron chi connectivity index (χ4n) is 5.85. The summed E-state index contributed by atoms with van der Waals surface area (Å²) in [6.45, 7) is 13.3. The minimum Gasteiger partial charge on any atom is -0.493 e. The van der Waals surface area contributed by atoms with Gasteiger partial charge in [-0.25, -0.2) is 0 Å². The van der Waals surface area contributed by atoms with Crippen molar-refractivity contribution in [2.24, 2.45) is 0 Å². The molecule has 0 bridgehead atoms. The molecule has 250 valence electrons. The Balaban J connectivity index is 1.76. The van der Waals surface area contributed by atoms with Gasteiger partial charge in [0.25, 0.3) is 0 Å². The number of unbranched alkanes of at least 4 members (excludes halogenated alkanes) is 4. The first-order valence-corrected chi connectivity index (χ1v) is 17.4. The summed E-state index contributed by atoms with van der Waals surface area (Å²) in [5, 5.41) is 13.9. The maximum absolute atomic E-state index is 12.8. The van der Waals surface area contributed by atoms with E-state index in [1.54, 1.807) is 0 Å². The molecule has 0 aliphatic carbocycles. The number of rotatable bonds is 20. The lowest BCUT2D eigenvalue weighted by Gasteiger charge is -2.47. The lowest BCUT2D eigenvalue weighted by atomic mass is 9.86. The van der Waals surface area contributed by atoms with E-state index in [4.69, 9.17) is 28.1 Å². The van der Waals surface area contributed by atoms with Gasteiger partial charge in [0, 0.05) is 38.0 Å². The van der Waals surface area contributed by atoms with E-state index in [-0.39, 0.29) is 12.2 Å². The second kappa shape index (κ2) is 18.1. The molecule has 4 rings (SSSR count). The van der Waals surface area contributed by atoms with Gasteiger partial charge in [-0.2, -0.15) is 0 Å². The zero-order valence-electron chi connectivity index (χ0n) is 28.3. The molecule has 1 aliphatic heterocycles. The van der Waals surface area contributed by atoms with Crippen molar-refractivity contribution in [3.8, 4) is 5.75 Å². The van der Waals surface area contributed by atoms with Crippen LogP contribution in [0.25, 0.3) is 11.0 Å². The second-order valence-electron chi connectivity index (χ2n) is 12.4. The molecule has 1 saturated heterocycles. The van der Waals surface area contributed by atoms with Crippen LogP contribution in [0.2, 0.25) is 0 Å². The average molecular weight is 625 g/mol. The Hall–Kier alpha value is -2.42. The van der Waals surface area contributed by atoms with Gasteiger partial charge in [-0.1, -0.05) is 71.6 Å². The van der Waals surface area contributed by atoms with Gasteiger partial charge in [0.1, 0.15) is 23.2 Å². The summed E-state index contributed by atoms with van der Waals surface area (Å²) >= 11 is 0. The van der Waals surface area contributed by atoms with E-state index in [0.717, 1.165) is 79.2 Å². The maximum atomic E-state index is 12.8. The van der Waals surface area contributed by atoms with Crippen molar-refractivity contribution in [1.82, 2.24) is 0 Å². The van der Waals surface area contributed by atoms with Crippen molar-refractivity contribution in [3.63, 3.8) is 0 Å². The molecule has 1 aromatic heterocycles. The molecule has 1 fully saturated rings. The van der Waals surface area contributed by atoms with E-state index in [0.29, 0.717) is 57.2 Å². The van der Waals surface area contributed by atoms with Crippen LogP contribution in [0.3, 0.4) is 0 Å². The number of benzene rings is 2. The van der Waals surface area contributed by atoms with Gasteiger partial charge in [0.2, 0.25) is 5.79 Å². The fourth-order valence-corrected chi connectivity index (χ4v) is 5.85. The Morgan fingerprint density at radius 1 is 0.844 bits per heavy atom. The third-order valence-electron chi connectivity index (χ3n) is 8.56. The largest absolute Gasteiger partial charge is 0.493 e. The van der Waals surface area contributed by atoms with Crippen LogP contribution in [0, 0.1) is 6.92 Å². The molecule has 45 heavy (non-hydrogen) atoms. The molecule has 4 atom stereocenters. The number of hydrogen-bond donors (Lipinski definition) is 1. The van der Waals surface area contributed by atoms with Crippen LogP contribution in [0.15, 0.2) is 46.9 Å². The van der Waals surface area contributed by atoms with Gasteiger partial charge in [-0.15, -0.1) is 0 Å². The molecule has 7 heteroatoms. The average Bonchev–Trinajstić information content (AvgIpc) is 3.44. The van der Waals surface area contributed by atoms with E-state index < -0.39 is 11.9 Å². The quantitative estimate of drug-likeness (QED) is 0.126. The highest BCUT2D eigenvalue weighted by Crippen LogP contribution is 2.44. The van der Waals surface area contributed by atoms with E-state index in [1.807, 2.05) is 30.3 Å². The van der Waals surface area contributed by atoms with E-state index in [1.165, 1.54) is 0 Å². The summed E-state index contributed by atoms with van der Waals surface area (Å²) in [5.41, 5.74) is 3.52. The monoisotopic (exact) mass is 624 g/mol. The number of fused-ring (bicyclic) bond motifs is 1. The summed E-state index contributed by atoms with van der Waals surface area (Å²) in [4.78, 5) is 0. The lowest BCUT2D eigenvalue weighted by molar-refractivity contribution is -0.348. The predicted octanol–water partition coefficient (Wildman–Crippen LogP) is 8.63. The Kier molecular flexibility index (Phi) is 14.2. The molecule has 1 N–H and O–H groups in total. The Bertz CT molecular complexity index is 1250. The maximum Gasteiger partial charge on any atom is 0.226 e. The zero-order chi connectivity index (χ0) is 32.1. The molecule has 0 saturated carbocycles. The van der Waals surface area contributed by atoms with Crippen LogP contribution in [0.5, 0.6) is 5.75 Å². The summed E-state index contributed by atoms with van der Waals surface area (Å²) in [5.74, 6) is -0.333. The first kappa shape index (κ1) is 35.4. The fraction of sp³-hybridized carbons (Fsp3) is 0.632. The summed E-state index contributed by atoms with van der Waals surface area (Å²) in [7, 11) is 0. The van der Waals surface area contributed by atoms with Gasteiger partial charge in [-0.05, 0) is 68.0 Å². The molecule has 1 unspecified atom stereocenters.